The van der Waals surface area contributed by atoms with Crippen molar-refractivity contribution in [1.82, 2.24) is 10.3 Å². The maximum Gasteiger partial charge on any atom is 0.269 e. The van der Waals surface area contributed by atoms with Crippen LogP contribution in [0.2, 0.25) is 10.0 Å². The highest BCUT2D eigenvalue weighted by molar-refractivity contribution is 6.39. The van der Waals surface area contributed by atoms with Gasteiger partial charge in [0.15, 0.2) is 0 Å². The van der Waals surface area contributed by atoms with Crippen molar-refractivity contribution >= 4 is 46.4 Å². The molecule has 1 aliphatic heterocycles. The Hall–Kier alpha value is -3.73. The first-order valence-corrected chi connectivity index (χ1v) is 12.3. The number of aromatic nitrogens is 1. The number of rotatable bonds is 9. The van der Waals surface area contributed by atoms with Crippen LogP contribution < -0.4 is 20.1 Å². The number of benzodiazepines with no additional fused rings is 1. The number of hydrogen-bond acceptors (Lipinski definition) is 7. The number of amides is 2. The monoisotopic (exact) mass is 560 g/mol. The van der Waals surface area contributed by atoms with Gasteiger partial charge in [0, 0.05) is 17.7 Å². The highest BCUT2D eigenvalue weighted by Crippen LogP contribution is 2.36. The molecular weight excluding hydrogens is 538 g/mol. The van der Waals surface area contributed by atoms with Crippen molar-refractivity contribution in [3.8, 4) is 11.6 Å². The van der Waals surface area contributed by atoms with E-state index in [0.717, 1.165) is 12.3 Å². The molecular formula is C26H23Cl2FN4O5. The number of anilines is 1. The number of pyridine rings is 1. The summed E-state index contributed by atoms with van der Waals surface area (Å²) in [5.41, 5.74) is 1.43. The van der Waals surface area contributed by atoms with Crippen LogP contribution >= 0.6 is 23.2 Å². The van der Waals surface area contributed by atoms with Gasteiger partial charge in [0.05, 0.1) is 41.4 Å². The lowest BCUT2D eigenvalue weighted by atomic mass is 9.99. The second-order valence-electron chi connectivity index (χ2n) is 7.93. The van der Waals surface area contributed by atoms with Crippen molar-refractivity contribution < 1.29 is 28.2 Å². The fourth-order valence-corrected chi connectivity index (χ4v) is 4.30. The molecule has 38 heavy (non-hydrogen) atoms. The quantitative estimate of drug-likeness (QED) is 0.373. The van der Waals surface area contributed by atoms with Crippen molar-refractivity contribution in [2.75, 3.05) is 32.2 Å². The summed E-state index contributed by atoms with van der Waals surface area (Å²) in [6.45, 7) is 2.41. The minimum atomic E-state index is -1.43. The Morgan fingerprint density at radius 3 is 2.71 bits per heavy atom. The maximum atomic E-state index is 14.0. The number of methoxy groups -OCH3 is 1. The predicted molar refractivity (Wildman–Crippen MR) is 141 cm³/mol. The van der Waals surface area contributed by atoms with E-state index in [0.29, 0.717) is 34.2 Å². The van der Waals surface area contributed by atoms with Gasteiger partial charge in [0.25, 0.3) is 11.8 Å². The van der Waals surface area contributed by atoms with Gasteiger partial charge in [0.1, 0.15) is 23.7 Å². The van der Waals surface area contributed by atoms with Gasteiger partial charge in [-0.25, -0.2) is 14.4 Å². The maximum absolute atomic E-state index is 14.0. The SMILES string of the molecule is CCOc1cc(Cl)cc(Cl)c1C1=NC(NC(=O)c2cc(F)cnc2OCCOC)C(=O)Nc2ccccc21. The summed E-state index contributed by atoms with van der Waals surface area (Å²) in [6, 6.07) is 11.0. The van der Waals surface area contributed by atoms with E-state index in [2.05, 4.69) is 20.6 Å². The summed E-state index contributed by atoms with van der Waals surface area (Å²) in [4.78, 5) is 34.8. The summed E-state index contributed by atoms with van der Waals surface area (Å²) in [5, 5.41) is 5.88. The Kier molecular flexibility index (Phi) is 8.77. The van der Waals surface area contributed by atoms with Gasteiger partial charge in [0.2, 0.25) is 12.0 Å². The van der Waals surface area contributed by atoms with Crippen molar-refractivity contribution in [3.05, 3.63) is 81.2 Å². The van der Waals surface area contributed by atoms with Gasteiger partial charge in [-0.2, -0.15) is 0 Å². The molecule has 2 heterocycles. The first kappa shape index (κ1) is 27.3. The van der Waals surface area contributed by atoms with Gasteiger partial charge in [-0.15, -0.1) is 0 Å². The van der Waals surface area contributed by atoms with E-state index < -0.39 is 23.8 Å². The molecule has 4 rings (SSSR count). The Morgan fingerprint density at radius 1 is 1.16 bits per heavy atom. The van der Waals surface area contributed by atoms with E-state index in [9.17, 15) is 14.0 Å². The summed E-state index contributed by atoms with van der Waals surface area (Å²) < 4.78 is 30.2. The first-order chi connectivity index (χ1) is 18.3. The number of nitrogens with zero attached hydrogens (tertiary/aromatic N) is 2. The van der Waals surface area contributed by atoms with Gasteiger partial charge in [-0.05, 0) is 31.2 Å². The zero-order valence-electron chi connectivity index (χ0n) is 20.4. The third-order valence-electron chi connectivity index (χ3n) is 5.36. The molecule has 0 radical (unpaired) electrons. The van der Waals surface area contributed by atoms with Crippen molar-refractivity contribution in [2.24, 2.45) is 4.99 Å². The number of halogens is 3. The van der Waals surface area contributed by atoms with Crippen LogP contribution in [0.1, 0.15) is 28.4 Å². The molecule has 3 aromatic rings. The third-order valence-corrected chi connectivity index (χ3v) is 5.87. The number of ether oxygens (including phenoxy) is 3. The average Bonchev–Trinajstić information content (AvgIpc) is 3.01. The minimum Gasteiger partial charge on any atom is -0.493 e. The molecule has 0 aliphatic carbocycles. The van der Waals surface area contributed by atoms with Gasteiger partial charge in [-0.1, -0.05) is 41.4 Å². The van der Waals surface area contributed by atoms with Crippen LogP contribution in [0.4, 0.5) is 10.1 Å². The largest absolute Gasteiger partial charge is 0.493 e. The van der Waals surface area contributed by atoms with E-state index in [-0.39, 0.29) is 35.4 Å². The molecule has 0 fully saturated rings. The Labute approximate surface area is 227 Å². The molecule has 2 amide bonds. The molecule has 2 aromatic carbocycles. The molecule has 198 valence electrons. The van der Waals surface area contributed by atoms with E-state index in [1.165, 1.54) is 13.2 Å². The molecule has 9 nitrogen and oxygen atoms in total. The number of para-hydroxylation sites is 1. The molecule has 1 atom stereocenters. The van der Waals surface area contributed by atoms with Crippen LogP contribution in [-0.2, 0) is 9.53 Å². The summed E-state index contributed by atoms with van der Waals surface area (Å²) in [6.07, 6.45) is -0.511. The van der Waals surface area contributed by atoms with Crippen LogP contribution in [0.5, 0.6) is 11.6 Å². The van der Waals surface area contributed by atoms with Crippen molar-refractivity contribution in [2.45, 2.75) is 13.1 Å². The number of hydrogen-bond donors (Lipinski definition) is 2. The van der Waals surface area contributed by atoms with E-state index in [1.807, 2.05) is 0 Å². The molecule has 0 spiro atoms. The second kappa shape index (κ2) is 12.2. The molecule has 0 bridgehead atoms. The minimum absolute atomic E-state index is 0.0756. The van der Waals surface area contributed by atoms with Crippen LogP contribution in [0, 0.1) is 5.82 Å². The number of fused-ring (bicyclic) bond motifs is 1. The Balaban J connectivity index is 1.78. The Bertz CT molecular complexity index is 1400. The highest BCUT2D eigenvalue weighted by Gasteiger charge is 2.30. The number of carbonyl (C=O) groups excluding carboxylic acids is 2. The predicted octanol–water partition coefficient (Wildman–Crippen LogP) is 4.50. The van der Waals surface area contributed by atoms with Crippen LogP contribution in [0.15, 0.2) is 53.7 Å². The Morgan fingerprint density at radius 2 is 1.95 bits per heavy atom. The van der Waals surface area contributed by atoms with Gasteiger partial charge >= 0.3 is 0 Å². The van der Waals surface area contributed by atoms with Crippen LogP contribution in [0.3, 0.4) is 0 Å². The normalized spacial score (nSPS) is 14.6. The summed E-state index contributed by atoms with van der Waals surface area (Å²) >= 11 is 12.8. The van der Waals surface area contributed by atoms with E-state index in [4.69, 9.17) is 37.4 Å². The van der Waals surface area contributed by atoms with Crippen molar-refractivity contribution in [1.29, 1.82) is 0 Å². The van der Waals surface area contributed by atoms with E-state index in [1.54, 1.807) is 37.3 Å². The fourth-order valence-electron chi connectivity index (χ4n) is 3.73. The van der Waals surface area contributed by atoms with E-state index >= 15 is 0 Å². The number of carbonyl (C=O) groups is 2. The van der Waals surface area contributed by atoms with Crippen LogP contribution in [-0.4, -0.2) is 55.6 Å². The fraction of sp³-hybridized carbons (Fsp3) is 0.231. The molecule has 0 saturated heterocycles. The summed E-state index contributed by atoms with van der Waals surface area (Å²) in [5.74, 6) is -1.99. The first-order valence-electron chi connectivity index (χ1n) is 11.5. The lowest BCUT2D eigenvalue weighted by Crippen LogP contribution is -2.42. The summed E-state index contributed by atoms with van der Waals surface area (Å²) in [7, 11) is 1.48. The average molecular weight is 561 g/mol. The topological polar surface area (TPSA) is 111 Å². The van der Waals surface area contributed by atoms with Gasteiger partial charge < -0.3 is 24.8 Å². The number of aliphatic imine (C=N–C) groups is 1. The smallest absolute Gasteiger partial charge is 0.269 e. The molecule has 1 aliphatic rings. The van der Waals surface area contributed by atoms with Gasteiger partial charge in [-0.3, -0.25) is 9.59 Å². The second-order valence-corrected chi connectivity index (χ2v) is 8.77. The van der Waals surface area contributed by atoms with Crippen molar-refractivity contribution in [3.63, 3.8) is 0 Å². The zero-order chi connectivity index (χ0) is 27.2. The number of nitrogens with one attached hydrogen (secondary N) is 2. The highest BCUT2D eigenvalue weighted by atomic mass is 35.5. The molecule has 1 aromatic heterocycles. The lowest BCUT2D eigenvalue weighted by molar-refractivity contribution is -0.117. The molecule has 2 N–H and O–H groups in total. The third kappa shape index (κ3) is 6.04. The lowest BCUT2D eigenvalue weighted by Gasteiger charge is -2.17. The zero-order valence-corrected chi connectivity index (χ0v) is 21.9. The standard InChI is InChI=1S/C26H23Cl2FN4O5/c1-3-37-20-11-14(27)10-18(28)21(20)22-16-6-4-5-7-19(16)31-25(35)23(32-22)33-24(34)17-12-15(29)13-30-26(17)38-9-8-36-2/h4-7,10-13,23H,3,8-9H2,1-2H3,(H,31,35)(H,33,34). The molecule has 1 unspecified atom stereocenters. The van der Waals surface area contributed by atoms with Crippen LogP contribution in [0.25, 0.3) is 0 Å². The molecule has 0 saturated carbocycles. The molecule has 12 heteroatoms. The number of benzene rings is 2.